The first kappa shape index (κ1) is 15.1. The zero-order valence-corrected chi connectivity index (χ0v) is 13.6. The van der Waals surface area contributed by atoms with E-state index in [1.807, 2.05) is 24.3 Å². The first-order valence-corrected chi connectivity index (χ1v) is 8.34. The molecule has 0 saturated carbocycles. The first-order chi connectivity index (χ1) is 11.6. The number of nitrogens with zero attached hydrogens (tertiary/aromatic N) is 3. The van der Waals surface area contributed by atoms with Crippen molar-refractivity contribution < 1.29 is 14.3 Å². The van der Waals surface area contributed by atoms with Gasteiger partial charge in [-0.25, -0.2) is 4.98 Å². The van der Waals surface area contributed by atoms with Crippen molar-refractivity contribution >= 4 is 33.9 Å². The lowest BCUT2D eigenvalue weighted by molar-refractivity contribution is -0.312. The molecule has 0 N–H and O–H groups in total. The Kier molecular flexibility index (Phi) is 3.49. The van der Waals surface area contributed by atoms with E-state index >= 15 is 0 Å². The lowest BCUT2D eigenvalue weighted by Crippen LogP contribution is -2.56. The first-order valence-electron chi connectivity index (χ1n) is 8.34. The van der Waals surface area contributed by atoms with Crippen LogP contribution in [0.3, 0.4) is 0 Å². The van der Waals surface area contributed by atoms with Gasteiger partial charge in [0.15, 0.2) is 0 Å². The van der Waals surface area contributed by atoms with Gasteiger partial charge in [0.25, 0.3) is 5.82 Å². The highest BCUT2D eigenvalue weighted by Crippen LogP contribution is 2.37. The van der Waals surface area contributed by atoms with Gasteiger partial charge in [0.05, 0.1) is 19.6 Å². The smallest absolute Gasteiger partial charge is 0.275 e. The summed E-state index contributed by atoms with van der Waals surface area (Å²) in [5.74, 6) is -0.452. The summed E-state index contributed by atoms with van der Waals surface area (Å²) >= 11 is 0. The van der Waals surface area contributed by atoms with E-state index in [0.29, 0.717) is 22.9 Å². The van der Waals surface area contributed by atoms with Gasteiger partial charge in [-0.05, 0) is 19.1 Å². The molecule has 0 atom stereocenters. The number of piperidine rings is 1. The van der Waals surface area contributed by atoms with Crippen molar-refractivity contribution in [2.45, 2.75) is 19.8 Å². The van der Waals surface area contributed by atoms with Crippen LogP contribution in [0.5, 0.6) is 0 Å². The molecular formula is C18H19N3O3. The molecule has 1 aliphatic heterocycles. The van der Waals surface area contributed by atoms with E-state index in [2.05, 4.69) is 16.9 Å². The number of furan rings is 1. The van der Waals surface area contributed by atoms with Crippen molar-refractivity contribution in [3.05, 3.63) is 30.6 Å². The lowest BCUT2D eigenvalue weighted by Gasteiger charge is -2.41. The minimum absolute atomic E-state index is 0.365. The SMILES string of the molecule is CC[N+]1(c2ncnc3c2oc2ccccc23)CCC(C(=O)[O-])CC1. The number of aromatic nitrogens is 2. The van der Waals surface area contributed by atoms with Crippen LogP contribution in [0, 0.1) is 5.92 Å². The third-order valence-corrected chi connectivity index (χ3v) is 5.34. The molecule has 1 aromatic carbocycles. The van der Waals surface area contributed by atoms with E-state index < -0.39 is 5.97 Å². The molecule has 0 bridgehead atoms. The zero-order valence-electron chi connectivity index (χ0n) is 13.6. The molecule has 0 aliphatic carbocycles. The van der Waals surface area contributed by atoms with Crippen LogP contribution in [0.4, 0.5) is 5.82 Å². The van der Waals surface area contributed by atoms with Crippen LogP contribution >= 0.6 is 0 Å². The van der Waals surface area contributed by atoms with Crippen LogP contribution in [-0.4, -0.2) is 35.6 Å². The fourth-order valence-corrected chi connectivity index (χ4v) is 3.82. The number of hydrogen-bond donors (Lipinski definition) is 0. The van der Waals surface area contributed by atoms with Crippen LogP contribution in [0.25, 0.3) is 22.1 Å². The van der Waals surface area contributed by atoms with Gasteiger partial charge in [-0.3, -0.25) is 4.48 Å². The second-order valence-electron chi connectivity index (χ2n) is 6.48. The van der Waals surface area contributed by atoms with E-state index in [-0.39, 0.29) is 5.92 Å². The summed E-state index contributed by atoms with van der Waals surface area (Å²) < 4.78 is 6.70. The maximum atomic E-state index is 11.2. The molecule has 0 spiro atoms. The summed E-state index contributed by atoms with van der Waals surface area (Å²) in [4.78, 5) is 20.1. The molecular weight excluding hydrogens is 306 g/mol. The summed E-state index contributed by atoms with van der Waals surface area (Å²) in [7, 11) is 0. The number of para-hydroxylation sites is 1. The molecule has 124 valence electrons. The van der Waals surface area contributed by atoms with Gasteiger partial charge in [0, 0.05) is 30.1 Å². The molecule has 0 unspecified atom stereocenters. The quantitative estimate of drug-likeness (QED) is 0.687. The fraction of sp³-hybridized carbons (Fsp3) is 0.389. The molecule has 24 heavy (non-hydrogen) atoms. The van der Waals surface area contributed by atoms with Crippen LogP contribution in [-0.2, 0) is 4.79 Å². The summed E-state index contributed by atoms with van der Waals surface area (Å²) in [6.45, 7) is 4.38. The molecule has 0 amide bonds. The lowest BCUT2D eigenvalue weighted by atomic mass is 9.95. The van der Waals surface area contributed by atoms with Crippen molar-refractivity contribution in [2.75, 3.05) is 19.6 Å². The molecule has 6 nitrogen and oxygen atoms in total. The fourth-order valence-electron chi connectivity index (χ4n) is 3.82. The van der Waals surface area contributed by atoms with E-state index in [1.54, 1.807) is 6.33 Å². The number of fused-ring (bicyclic) bond motifs is 3. The molecule has 1 aliphatic rings. The normalized spacial score (nSPS) is 24.5. The summed E-state index contributed by atoms with van der Waals surface area (Å²) in [6.07, 6.45) is 2.78. The maximum Gasteiger partial charge on any atom is 0.275 e. The number of carbonyl (C=O) groups is 1. The predicted molar refractivity (Wildman–Crippen MR) is 89.1 cm³/mol. The Bertz CT molecular complexity index is 910. The zero-order chi connectivity index (χ0) is 16.7. The Morgan fingerprint density at radius 2 is 2.04 bits per heavy atom. The van der Waals surface area contributed by atoms with Crippen LogP contribution in [0.2, 0.25) is 0 Å². The van der Waals surface area contributed by atoms with Crippen LogP contribution < -0.4 is 9.59 Å². The number of hydrogen-bond acceptors (Lipinski definition) is 5. The summed E-state index contributed by atoms with van der Waals surface area (Å²) in [6, 6.07) is 7.83. The van der Waals surface area contributed by atoms with Crippen molar-refractivity contribution in [1.82, 2.24) is 14.5 Å². The van der Waals surface area contributed by atoms with Crippen molar-refractivity contribution in [3.8, 4) is 0 Å². The molecule has 3 aromatic rings. The molecule has 6 heteroatoms. The number of carbonyl (C=O) groups excluding carboxylic acids is 1. The number of aliphatic carboxylic acids is 1. The van der Waals surface area contributed by atoms with E-state index in [4.69, 9.17) is 4.42 Å². The largest absolute Gasteiger partial charge is 0.550 e. The number of carboxylic acids is 1. The number of rotatable bonds is 3. The average molecular weight is 325 g/mol. The van der Waals surface area contributed by atoms with Gasteiger partial charge in [0.1, 0.15) is 17.4 Å². The standard InChI is InChI=1S/C18H19N3O3/c1-2-21(9-7-12(8-10-21)18(22)23)17-16-15(19-11-20-17)13-5-3-4-6-14(13)24-16/h3-6,11-12H,2,7-10H2,1H3. The second-order valence-corrected chi connectivity index (χ2v) is 6.48. The van der Waals surface area contributed by atoms with E-state index in [1.165, 1.54) is 0 Å². The van der Waals surface area contributed by atoms with E-state index in [9.17, 15) is 9.90 Å². The highest BCUT2D eigenvalue weighted by Gasteiger charge is 2.39. The van der Waals surface area contributed by atoms with E-state index in [0.717, 1.165) is 41.9 Å². The third kappa shape index (κ3) is 2.17. The average Bonchev–Trinajstić information content (AvgIpc) is 3.00. The molecule has 2 aromatic heterocycles. The van der Waals surface area contributed by atoms with Gasteiger partial charge in [0.2, 0.25) is 5.58 Å². The highest BCUT2D eigenvalue weighted by molar-refractivity contribution is 6.05. The third-order valence-electron chi connectivity index (χ3n) is 5.34. The number of quaternary nitrogens is 1. The van der Waals surface area contributed by atoms with Crippen LogP contribution in [0.15, 0.2) is 35.0 Å². The molecule has 0 radical (unpaired) electrons. The molecule has 1 fully saturated rings. The molecule has 3 heterocycles. The minimum Gasteiger partial charge on any atom is -0.550 e. The number of benzene rings is 1. The van der Waals surface area contributed by atoms with Gasteiger partial charge in [-0.2, -0.15) is 4.98 Å². The molecule has 1 saturated heterocycles. The Hall–Kier alpha value is -2.47. The van der Waals surface area contributed by atoms with Gasteiger partial charge in [-0.15, -0.1) is 0 Å². The topological polar surface area (TPSA) is 79.0 Å². The Balaban J connectivity index is 1.84. The van der Waals surface area contributed by atoms with Crippen molar-refractivity contribution in [2.24, 2.45) is 5.92 Å². The van der Waals surface area contributed by atoms with Gasteiger partial charge in [-0.1, -0.05) is 12.1 Å². The number of likely N-dealkylation sites (tertiary alicyclic amines) is 1. The number of carboxylic acid groups (broad SMARTS) is 1. The maximum absolute atomic E-state index is 11.2. The van der Waals surface area contributed by atoms with Crippen molar-refractivity contribution in [1.29, 1.82) is 0 Å². The Labute approximate surface area is 139 Å². The Morgan fingerprint density at radius 3 is 2.75 bits per heavy atom. The van der Waals surface area contributed by atoms with Gasteiger partial charge >= 0.3 is 0 Å². The summed E-state index contributed by atoms with van der Waals surface area (Å²) in [5.41, 5.74) is 2.34. The minimum atomic E-state index is -0.944. The Morgan fingerprint density at radius 1 is 1.29 bits per heavy atom. The highest BCUT2D eigenvalue weighted by atomic mass is 16.4. The molecule has 4 rings (SSSR count). The van der Waals surface area contributed by atoms with Gasteiger partial charge < -0.3 is 14.3 Å². The summed E-state index contributed by atoms with van der Waals surface area (Å²) in [5, 5.41) is 12.1. The second kappa shape index (κ2) is 5.56. The predicted octanol–water partition coefficient (Wildman–Crippen LogP) is 1.86. The monoisotopic (exact) mass is 325 g/mol. The van der Waals surface area contributed by atoms with Crippen molar-refractivity contribution in [3.63, 3.8) is 0 Å². The van der Waals surface area contributed by atoms with Crippen LogP contribution in [0.1, 0.15) is 19.8 Å².